The molecular formula is C44H59FN2O10. The smallest absolute Gasteiger partial charge is 0.329 e. The molecule has 13 heteroatoms. The Labute approximate surface area is 336 Å². The topological polar surface area (TPSA) is 114 Å². The molecule has 0 aromatic heterocycles. The van der Waals surface area contributed by atoms with Crippen LogP contribution in [0.2, 0.25) is 0 Å². The molecule has 2 aliphatic rings. The van der Waals surface area contributed by atoms with Gasteiger partial charge in [0.25, 0.3) is 0 Å². The van der Waals surface area contributed by atoms with Crippen molar-refractivity contribution in [1.82, 2.24) is 9.80 Å². The lowest BCUT2D eigenvalue weighted by Crippen LogP contribution is -2.50. The molecule has 0 spiro atoms. The van der Waals surface area contributed by atoms with Crippen molar-refractivity contribution >= 4 is 11.9 Å². The Morgan fingerprint density at radius 3 is 2.25 bits per heavy atom. The number of carbonyl (C=O) groups is 2. The first-order valence-corrected chi connectivity index (χ1v) is 20.0. The van der Waals surface area contributed by atoms with Crippen LogP contribution in [0.3, 0.4) is 0 Å². The van der Waals surface area contributed by atoms with E-state index in [1.807, 2.05) is 49.4 Å². The van der Waals surface area contributed by atoms with E-state index in [1.54, 1.807) is 31.3 Å². The first kappa shape index (κ1) is 43.4. The highest BCUT2D eigenvalue weighted by molar-refractivity contribution is 5.89. The van der Waals surface area contributed by atoms with Gasteiger partial charge in [-0.3, -0.25) is 14.1 Å². The summed E-state index contributed by atoms with van der Waals surface area (Å²) in [7, 11) is 6.22. The van der Waals surface area contributed by atoms with Gasteiger partial charge in [0.05, 0.1) is 60.9 Å². The van der Waals surface area contributed by atoms with Crippen LogP contribution in [0.15, 0.2) is 54.6 Å². The lowest BCUT2D eigenvalue weighted by molar-refractivity contribution is -0.162. The van der Waals surface area contributed by atoms with Crippen molar-refractivity contribution in [2.75, 3.05) is 87.7 Å². The van der Waals surface area contributed by atoms with Crippen molar-refractivity contribution in [3.8, 4) is 34.5 Å². The van der Waals surface area contributed by atoms with Crippen molar-refractivity contribution in [3.05, 3.63) is 71.3 Å². The first-order valence-electron chi connectivity index (χ1n) is 20.0. The van der Waals surface area contributed by atoms with Crippen molar-refractivity contribution < 1.29 is 51.9 Å². The van der Waals surface area contributed by atoms with Crippen molar-refractivity contribution in [1.29, 1.82) is 0 Å². The third kappa shape index (κ3) is 11.7. The normalized spacial score (nSPS) is 16.9. The molecule has 2 heterocycles. The number of alkyl halides is 1. The largest absolute Gasteiger partial charge is 0.493 e. The van der Waals surface area contributed by atoms with E-state index in [-0.39, 0.29) is 18.9 Å². The molecule has 0 aliphatic carbocycles. The number of rotatable bonds is 21. The van der Waals surface area contributed by atoms with Crippen LogP contribution in [0, 0.1) is 0 Å². The molecule has 3 aromatic rings. The van der Waals surface area contributed by atoms with Crippen molar-refractivity contribution in [2.24, 2.45) is 0 Å². The number of aryl methyl sites for hydroxylation is 1. The van der Waals surface area contributed by atoms with E-state index in [0.29, 0.717) is 78.9 Å². The number of methoxy groups -OCH3 is 4. The zero-order valence-electron chi connectivity index (χ0n) is 34.1. The molecule has 312 valence electrons. The van der Waals surface area contributed by atoms with Crippen LogP contribution < -0.4 is 28.4 Å². The zero-order valence-corrected chi connectivity index (χ0v) is 34.1. The van der Waals surface area contributed by atoms with Crippen LogP contribution in [-0.4, -0.2) is 115 Å². The molecule has 0 saturated carbocycles. The molecule has 1 amide bonds. The number of hydrogen-bond acceptors (Lipinski definition) is 11. The number of benzene rings is 3. The van der Waals surface area contributed by atoms with Gasteiger partial charge in [0.15, 0.2) is 23.0 Å². The minimum Gasteiger partial charge on any atom is -0.493 e. The molecule has 0 N–H and O–H groups in total. The van der Waals surface area contributed by atoms with Gasteiger partial charge in [0.2, 0.25) is 11.7 Å². The standard InChI is InChI=1S/C44H59FN2O10/c1-6-35(33-29-40(52-4)42(41(30-33)53-5)56-23-10-18-45)43(48)47-19-8-7-13-36(47)44(49)57-37(16-14-31-15-17-38(50-2)39(27-31)51-3)32-11-9-12-34(28-32)55-26-22-46-20-24-54-25-21-46/h9,11-12,15,17,27-30,35-37H,6-8,10,13-14,16,18-26H2,1-5H3/t35-,36-,37+/m0/s1. The Hall–Kier alpha value is -4.75. The number of halogens is 1. The molecule has 12 nitrogen and oxygen atoms in total. The second-order valence-corrected chi connectivity index (χ2v) is 14.2. The van der Waals surface area contributed by atoms with Crippen LogP contribution in [0.25, 0.3) is 0 Å². The van der Waals surface area contributed by atoms with Crippen molar-refractivity contribution in [3.63, 3.8) is 0 Å². The fraction of sp³-hybridized carbons (Fsp3) is 0.545. The number of likely N-dealkylation sites (tertiary alicyclic amines) is 1. The molecule has 2 saturated heterocycles. The number of hydrogen-bond donors (Lipinski definition) is 0. The number of ether oxygens (including phenoxy) is 8. The summed E-state index contributed by atoms with van der Waals surface area (Å²) in [5, 5.41) is 0. The molecular weight excluding hydrogens is 735 g/mol. The van der Waals surface area contributed by atoms with Crippen LogP contribution in [0.1, 0.15) is 74.2 Å². The van der Waals surface area contributed by atoms with E-state index in [2.05, 4.69) is 4.90 Å². The van der Waals surface area contributed by atoms with Gasteiger partial charge in [-0.15, -0.1) is 0 Å². The minimum absolute atomic E-state index is 0.151. The number of nitrogens with zero attached hydrogens (tertiary/aromatic N) is 2. The van der Waals surface area contributed by atoms with E-state index in [4.69, 9.17) is 37.9 Å². The van der Waals surface area contributed by atoms with Crippen LogP contribution in [0.4, 0.5) is 4.39 Å². The zero-order chi connectivity index (χ0) is 40.6. The Balaban J connectivity index is 1.37. The third-order valence-electron chi connectivity index (χ3n) is 10.6. The average Bonchev–Trinajstić information content (AvgIpc) is 3.25. The monoisotopic (exact) mass is 794 g/mol. The average molecular weight is 795 g/mol. The Morgan fingerprint density at radius 1 is 0.825 bits per heavy atom. The SMILES string of the molecule is CC[C@H](C(=O)N1CCCC[C@H]1C(=O)O[C@H](CCc1ccc(OC)c(OC)c1)c1cccc(OCCN2CCOCC2)c1)c1cc(OC)c(OCCCF)c(OC)c1. The number of morpholine rings is 1. The fourth-order valence-electron chi connectivity index (χ4n) is 7.43. The summed E-state index contributed by atoms with van der Waals surface area (Å²) in [6.45, 7) is 6.51. The number of piperidine rings is 1. The highest BCUT2D eigenvalue weighted by Gasteiger charge is 2.38. The summed E-state index contributed by atoms with van der Waals surface area (Å²) in [5.74, 6) is 1.86. The summed E-state index contributed by atoms with van der Waals surface area (Å²) in [6, 6.07) is 16.3. The van der Waals surface area contributed by atoms with E-state index >= 15 is 0 Å². The van der Waals surface area contributed by atoms with Crippen molar-refractivity contribution in [2.45, 2.75) is 69.9 Å². The summed E-state index contributed by atoms with van der Waals surface area (Å²) < 4.78 is 59.0. The second-order valence-electron chi connectivity index (χ2n) is 14.2. The van der Waals surface area contributed by atoms with Gasteiger partial charge in [0, 0.05) is 32.6 Å². The third-order valence-corrected chi connectivity index (χ3v) is 10.6. The van der Waals surface area contributed by atoms with Gasteiger partial charge in [-0.25, -0.2) is 4.79 Å². The summed E-state index contributed by atoms with van der Waals surface area (Å²) in [6.07, 6.45) is 3.19. The van der Waals surface area contributed by atoms with Gasteiger partial charge in [0.1, 0.15) is 24.5 Å². The predicted octanol–water partition coefficient (Wildman–Crippen LogP) is 6.96. The van der Waals surface area contributed by atoms with Gasteiger partial charge in [-0.2, -0.15) is 0 Å². The summed E-state index contributed by atoms with van der Waals surface area (Å²) in [4.78, 5) is 32.8. The molecule has 3 aromatic carbocycles. The number of amides is 1. The molecule has 2 aliphatic heterocycles. The molecule has 2 fully saturated rings. The Bertz CT molecular complexity index is 1710. The maximum Gasteiger partial charge on any atom is 0.329 e. The van der Waals surface area contributed by atoms with E-state index in [9.17, 15) is 14.0 Å². The van der Waals surface area contributed by atoms with Gasteiger partial charge < -0.3 is 42.8 Å². The molecule has 3 atom stereocenters. The minimum atomic E-state index is -0.760. The maximum atomic E-state index is 14.5. The Morgan fingerprint density at radius 2 is 1.56 bits per heavy atom. The molecule has 57 heavy (non-hydrogen) atoms. The van der Waals surface area contributed by atoms with Crippen LogP contribution >= 0.6 is 0 Å². The van der Waals surface area contributed by atoms with Gasteiger partial charge in [-0.1, -0.05) is 25.1 Å². The fourth-order valence-corrected chi connectivity index (χ4v) is 7.43. The second kappa shape index (κ2) is 22.3. The predicted molar refractivity (Wildman–Crippen MR) is 214 cm³/mol. The first-order chi connectivity index (χ1) is 27.8. The molecule has 5 rings (SSSR count). The summed E-state index contributed by atoms with van der Waals surface area (Å²) in [5.41, 5.74) is 2.47. The van der Waals surface area contributed by atoms with Crippen LogP contribution in [0.5, 0.6) is 34.5 Å². The lowest BCUT2D eigenvalue weighted by Gasteiger charge is -2.37. The number of esters is 1. The quantitative estimate of drug-likeness (QED) is 0.0824. The molecule has 0 radical (unpaired) electrons. The highest BCUT2D eigenvalue weighted by atomic mass is 19.1. The highest BCUT2D eigenvalue weighted by Crippen LogP contribution is 2.42. The molecule has 0 unspecified atom stereocenters. The summed E-state index contributed by atoms with van der Waals surface area (Å²) >= 11 is 0. The Kier molecular flexibility index (Phi) is 16.9. The number of carbonyl (C=O) groups excluding carboxylic acids is 2. The van der Waals surface area contributed by atoms with E-state index in [1.165, 1.54) is 14.2 Å². The van der Waals surface area contributed by atoms with Gasteiger partial charge >= 0.3 is 5.97 Å². The maximum absolute atomic E-state index is 14.5. The lowest BCUT2D eigenvalue weighted by atomic mass is 9.91. The van der Waals surface area contributed by atoms with Gasteiger partial charge in [-0.05, 0) is 91.6 Å². The van der Waals surface area contributed by atoms with Crippen LogP contribution in [-0.2, 0) is 25.5 Å². The van der Waals surface area contributed by atoms with E-state index < -0.39 is 30.7 Å². The molecule has 0 bridgehead atoms. The van der Waals surface area contributed by atoms with E-state index in [0.717, 1.165) is 56.8 Å².